The van der Waals surface area contributed by atoms with Crippen LogP contribution >= 0.6 is 0 Å². The number of nitrogens with zero attached hydrogens (tertiary/aromatic N) is 2. The Hall–Kier alpha value is -4.13. The Kier molecular flexibility index (Phi) is 4.43. The van der Waals surface area contributed by atoms with E-state index in [4.69, 9.17) is 0 Å². The molecule has 7 heteroatoms. The van der Waals surface area contributed by atoms with Crippen LogP contribution in [0.3, 0.4) is 0 Å². The van der Waals surface area contributed by atoms with Crippen LogP contribution in [0.5, 0.6) is 5.75 Å². The predicted octanol–water partition coefficient (Wildman–Crippen LogP) is 4.61. The molecule has 154 valence electrons. The standard InChI is InChI=1S/C24H21N5O2/c1-13-14(2)21(30)10-9-17(13)25-22(31)12-15-7-8-16-20(11-15)28-29-23(16)24-26-18-5-3-4-6-19(18)27-24/h3-11,30H,12H2,1-2H3,(H,25,31)(H,26,27)(H,28,29). The lowest BCUT2D eigenvalue weighted by atomic mass is 10.1. The van der Waals surface area contributed by atoms with Gasteiger partial charge < -0.3 is 15.4 Å². The summed E-state index contributed by atoms with van der Waals surface area (Å²) in [5.41, 5.74) is 6.63. The number of phenols is 1. The molecule has 1 amide bonds. The molecule has 4 N–H and O–H groups in total. The van der Waals surface area contributed by atoms with Gasteiger partial charge in [0.05, 0.1) is 23.0 Å². The molecule has 7 nitrogen and oxygen atoms in total. The van der Waals surface area contributed by atoms with E-state index in [1.54, 1.807) is 12.1 Å². The number of phenolic OH excluding ortho intramolecular Hbond substituents is 1. The van der Waals surface area contributed by atoms with Crippen LogP contribution in [0.15, 0.2) is 54.6 Å². The third-order valence-electron chi connectivity index (χ3n) is 5.64. The summed E-state index contributed by atoms with van der Waals surface area (Å²) in [6.07, 6.45) is 0.230. The van der Waals surface area contributed by atoms with Crippen LogP contribution in [0.4, 0.5) is 5.69 Å². The molecule has 2 heterocycles. The second-order valence-corrected chi connectivity index (χ2v) is 7.66. The topological polar surface area (TPSA) is 107 Å². The van der Waals surface area contributed by atoms with Crippen molar-refractivity contribution in [3.05, 3.63) is 71.3 Å². The zero-order valence-corrected chi connectivity index (χ0v) is 17.2. The lowest BCUT2D eigenvalue weighted by Gasteiger charge is -2.11. The number of hydrogen-bond donors (Lipinski definition) is 4. The molecule has 0 bridgehead atoms. The van der Waals surface area contributed by atoms with E-state index in [1.807, 2.05) is 56.3 Å². The zero-order chi connectivity index (χ0) is 21.5. The number of benzene rings is 3. The first-order valence-corrected chi connectivity index (χ1v) is 10.0. The fourth-order valence-corrected chi connectivity index (χ4v) is 3.74. The molecular weight excluding hydrogens is 390 g/mol. The van der Waals surface area contributed by atoms with Crippen LogP contribution in [-0.4, -0.2) is 31.2 Å². The van der Waals surface area contributed by atoms with Crippen LogP contribution in [0.2, 0.25) is 0 Å². The van der Waals surface area contributed by atoms with Crippen LogP contribution in [0, 0.1) is 13.8 Å². The van der Waals surface area contributed by atoms with E-state index in [0.717, 1.165) is 44.3 Å². The van der Waals surface area contributed by atoms with E-state index in [1.165, 1.54) is 0 Å². The molecule has 31 heavy (non-hydrogen) atoms. The summed E-state index contributed by atoms with van der Waals surface area (Å²) in [4.78, 5) is 20.5. The number of hydrogen-bond acceptors (Lipinski definition) is 4. The highest BCUT2D eigenvalue weighted by Crippen LogP contribution is 2.28. The fourth-order valence-electron chi connectivity index (χ4n) is 3.74. The molecule has 2 aromatic heterocycles. The van der Waals surface area contributed by atoms with Crippen molar-refractivity contribution < 1.29 is 9.90 Å². The average Bonchev–Trinajstić information content (AvgIpc) is 3.37. The first kappa shape index (κ1) is 18.9. The first-order valence-electron chi connectivity index (χ1n) is 10.0. The molecule has 5 rings (SSSR count). The number of nitrogens with one attached hydrogen (secondary N) is 3. The molecule has 0 atom stereocenters. The molecule has 0 aliphatic heterocycles. The van der Waals surface area contributed by atoms with Crippen molar-refractivity contribution in [2.45, 2.75) is 20.3 Å². The van der Waals surface area contributed by atoms with Gasteiger partial charge in [-0.15, -0.1) is 0 Å². The SMILES string of the molecule is Cc1c(O)ccc(NC(=O)Cc2ccc3c(-c4nc5ccccc5[nH]4)n[nH]c3c2)c1C. The number of aromatic nitrogens is 4. The molecule has 0 spiro atoms. The van der Waals surface area contributed by atoms with Gasteiger partial charge in [0.25, 0.3) is 0 Å². The molecular formula is C24H21N5O2. The van der Waals surface area contributed by atoms with E-state index in [2.05, 4.69) is 25.5 Å². The largest absolute Gasteiger partial charge is 0.508 e. The summed E-state index contributed by atoms with van der Waals surface area (Å²) in [5.74, 6) is 0.807. The average molecular weight is 411 g/mol. The Morgan fingerprint density at radius 1 is 1.03 bits per heavy atom. The van der Waals surface area contributed by atoms with Crippen LogP contribution < -0.4 is 5.32 Å². The summed E-state index contributed by atoms with van der Waals surface area (Å²) < 4.78 is 0. The maximum Gasteiger partial charge on any atom is 0.228 e. The normalized spacial score (nSPS) is 11.3. The number of carbonyl (C=O) groups is 1. The maximum atomic E-state index is 12.6. The number of H-pyrrole nitrogens is 2. The molecule has 5 aromatic rings. The Labute approximate surface area is 178 Å². The van der Waals surface area contributed by atoms with Crippen molar-refractivity contribution in [1.82, 2.24) is 20.2 Å². The number of carbonyl (C=O) groups excluding carboxylic acids is 1. The highest BCUT2D eigenvalue weighted by atomic mass is 16.3. The van der Waals surface area contributed by atoms with Crippen molar-refractivity contribution in [1.29, 1.82) is 0 Å². The van der Waals surface area contributed by atoms with Gasteiger partial charge in [0.15, 0.2) is 5.82 Å². The molecule has 0 saturated heterocycles. The van der Waals surface area contributed by atoms with Gasteiger partial charge in [-0.3, -0.25) is 9.89 Å². The number of aromatic hydroxyl groups is 1. The van der Waals surface area contributed by atoms with Gasteiger partial charge in [-0.05, 0) is 60.9 Å². The molecule has 0 fully saturated rings. The Morgan fingerprint density at radius 2 is 1.87 bits per heavy atom. The van der Waals surface area contributed by atoms with Crippen molar-refractivity contribution >= 4 is 33.5 Å². The van der Waals surface area contributed by atoms with Gasteiger partial charge in [-0.1, -0.05) is 24.3 Å². The number of fused-ring (bicyclic) bond motifs is 2. The molecule has 0 saturated carbocycles. The van der Waals surface area contributed by atoms with E-state index in [-0.39, 0.29) is 18.1 Å². The number of anilines is 1. The third-order valence-corrected chi connectivity index (χ3v) is 5.64. The summed E-state index contributed by atoms with van der Waals surface area (Å²) in [5, 5.41) is 21.1. The summed E-state index contributed by atoms with van der Waals surface area (Å²) in [6.45, 7) is 3.70. The smallest absolute Gasteiger partial charge is 0.228 e. The molecule has 0 aliphatic rings. The minimum Gasteiger partial charge on any atom is -0.508 e. The fraction of sp³-hybridized carbons (Fsp3) is 0.125. The second-order valence-electron chi connectivity index (χ2n) is 7.66. The summed E-state index contributed by atoms with van der Waals surface area (Å²) >= 11 is 0. The van der Waals surface area contributed by atoms with Crippen molar-refractivity contribution in [3.8, 4) is 17.3 Å². The van der Waals surface area contributed by atoms with Gasteiger partial charge in [0.1, 0.15) is 11.4 Å². The van der Waals surface area contributed by atoms with Crippen LogP contribution in [0.1, 0.15) is 16.7 Å². The number of amides is 1. The Morgan fingerprint density at radius 3 is 2.71 bits per heavy atom. The number of para-hydroxylation sites is 2. The van der Waals surface area contributed by atoms with E-state index < -0.39 is 0 Å². The highest BCUT2D eigenvalue weighted by molar-refractivity contribution is 5.96. The molecule has 0 unspecified atom stereocenters. The lowest BCUT2D eigenvalue weighted by Crippen LogP contribution is -2.15. The quantitative estimate of drug-likeness (QED) is 0.324. The van der Waals surface area contributed by atoms with Crippen molar-refractivity contribution in [2.75, 3.05) is 5.32 Å². The van der Waals surface area contributed by atoms with E-state index in [0.29, 0.717) is 11.5 Å². The van der Waals surface area contributed by atoms with Gasteiger partial charge in [0, 0.05) is 11.1 Å². The van der Waals surface area contributed by atoms with Crippen LogP contribution in [0.25, 0.3) is 33.5 Å². The van der Waals surface area contributed by atoms with Gasteiger partial charge >= 0.3 is 0 Å². The summed E-state index contributed by atoms with van der Waals surface area (Å²) in [6, 6.07) is 17.0. The lowest BCUT2D eigenvalue weighted by molar-refractivity contribution is -0.115. The van der Waals surface area contributed by atoms with Crippen molar-refractivity contribution in [2.24, 2.45) is 0 Å². The maximum absolute atomic E-state index is 12.6. The summed E-state index contributed by atoms with van der Waals surface area (Å²) in [7, 11) is 0. The predicted molar refractivity (Wildman–Crippen MR) is 121 cm³/mol. The minimum atomic E-state index is -0.121. The van der Waals surface area contributed by atoms with Gasteiger partial charge in [-0.2, -0.15) is 5.10 Å². The van der Waals surface area contributed by atoms with Crippen molar-refractivity contribution in [3.63, 3.8) is 0 Å². The molecule has 0 radical (unpaired) electrons. The number of rotatable bonds is 4. The van der Waals surface area contributed by atoms with Gasteiger partial charge in [-0.25, -0.2) is 4.98 Å². The van der Waals surface area contributed by atoms with E-state index in [9.17, 15) is 9.90 Å². The minimum absolute atomic E-state index is 0.121. The van der Waals surface area contributed by atoms with Crippen LogP contribution in [-0.2, 0) is 11.2 Å². The molecule has 3 aromatic carbocycles. The molecule has 0 aliphatic carbocycles. The third kappa shape index (κ3) is 3.40. The zero-order valence-electron chi connectivity index (χ0n) is 17.2. The van der Waals surface area contributed by atoms with E-state index >= 15 is 0 Å². The second kappa shape index (κ2) is 7.28. The monoisotopic (exact) mass is 411 g/mol. The number of aromatic amines is 2. The Balaban J connectivity index is 1.38. The Bertz CT molecular complexity index is 1410. The van der Waals surface area contributed by atoms with Gasteiger partial charge in [0.2, 0.25) is 5.91 Å². The first-order chi connectivity index (χ1) is 15.0. The number of imidazole rings is 1. The highest BCUT2D eigenvalue weighted by Gasteiger charge is 2.14.